The molecule has 0 unspecified atom stereocenters. The van der Waals surface area contributed by atoms with E-state index in [1.807, 2.05) is 24.3 Å². The number of hydrogen-bond donors (Lipinski definition) is 1. The lowest BCUT2D eigenvalue weighted by molar-refractivity contribution is -0.117. The van der Waals surface area contributed by atoms with Crippen LogP contribution in [0.5, 0.6) is 0 Å². The van der Waals surface area contributed by atoms with Gasteiger partial charge in [0.2, 0.25) is 5.91 Å². The number of carbonyl (C=O) groups is 1. The van der Waals surface area contributed by atoms with Gasteiger partial charge in [-0.2, -0.15) is 5.10 Å². The Morgan fingerprint density at radius 2 is 1.85 bits per heavy atom. The molecule has 0 saturated heterocycles. The Bertz CT molecular complexity index is 1140. The highest BCUT2D eigenvalue weighted by Gasteiger charge is 2.14. The summed E-state index contributed by atoms with van der Waals surface area (Å²) in [6.07, 6.45) is 5.58. The zero-order chi connectivity index (χ0) is 18.6. The molecule has 0 fully saturated rings. The number of carbonyl (C=O) groups excluding carboxylic acids is 1. The molecular weight excluding hydrogens is 362 g/mol. The lowest BCUT2D eigenvalue weighted by Gasteiger charge is -2.11. The molecule has 134 valence electrons. The summed E-state index contributed by atoms with van der Waals surface area (Å²) in [6.45, 7) is -0.174. The fourth-order valence-electron chi connectivity index (χ4n) is 2.82. The van der Waals surface area contributed by atoms with Crippen molar-refractivity contribution in [2.75, 3.05) is 5.32 Å². The number of aromatic nitrogens is 4. The number of anilines is 1. The number of benzene rings is 1. The molecule has 1 amide bonds. The Morgan fingerprint density at radius 3 is 2.59 bits per heavy atom. The summed E-state index contributed by atoms with van der Waals surface area (Å²) >= 11 is 1.32. The van der Waals surface area contributed by atoms with E-state index in [1.165, 1.54) is 16.0 Å². The minimum absolute atomic E-state index is 0.174. The monoisotopic (exact) mass is 377 g/mol. The molecule has 8 heteroatoms. The third-order valence-electron chi connectivity index (χ3n) is 4.04. The van der Waals surface area contributed by atoms with Crippen molar-refractivity contribution in [3.63, 3.8) is 0 Å². The molecule has 0 spiro atoms. The van der Waals surface area contributed by atoms with Crippen molar-refractivity contribution in [3.05, 3.63) is 82.0 Å². The zero-order valence-corrected chi connectivity index (χ0v) is 15.0. The third kappa shape index (κ3) is 3.75. The van der Waals surface area contributed by atoms with Crippen LogP contribution in [-0.4, -0.2) is 25.7 Å². The van der Waals surface area contributed by atoms with Gasteiger partial charge < -0.3 is 5.32 Å². The first kappa shape index (κ1) is 17.0. The van der Waals surface area contributed by atoms with Gasteiger partial charge in [-0.3, -0.25) is 14.6 Å². The predicted molar refractivity (Wildman–Crippen MR) is 104 cm³/mol. The van der Waals surface area contributed by atoms with Crippen LogP contribution in [0.3, 0.4) is 0 Å². The predicted octanol–water partition coefficient (Wildman–Crippen LogP) is 2.48. The van der Waals surface area contributed by atoms with E-state index >= 15 is 0 Å². The van der Waals surface area contributed by atoms with Gasteiger partial charge in [0.1, 0.15) is 6.54 Å². The summed E-state index contributed by atoms with van der Waals surface area (Å²) in [7, 11) is 0. The summed E-state index contributed by atoms with van der Waals surface area (Å²) < 4.78 is 1.21. The average Bonchev–Trinajstić information content (AvgIpc) is 3.19. The van der Waals surface area contributed by atoms with Crippen LogP contribution < -0.4 is 10.9 Å². The van der Waals surface area contributed by atoms with Crippen molar-refractivity contribution >= 4 is 33.1 Å². The largest absolute Gasteiger partial charge is 0.300 e. The van der Waals surface area contributed by atoms with Gasteiger partial charge in [-0.25, -0.2) is 9.67 Å². The van der Waals surface area contributed by atoms with E-state index in [-0.39, 0.29) is 18.0 Å². The molecule has 0 aliphatic heterocycles. The molecule has 0 radical (unpaired) electrons. The molecular formula is C19H15N5O2S. The summed E-state index contributed by atoms with van der Waals surface area (Å²) in [5.41, 5.74) is 1.47. The van der Waals surface area contributed by atoms with E-state index < -0.39 is 0 Å². The highest BCUT2D eigenvalue weighted by atomic mass is 32.1. The lowest BCUT2D eigenvalue weighted by Crippen LogP contribution is -2.30. The second-order valence-corrected chi connectivity index (χ2v) is 6.77. The number of hydrogen-bond acceptors (Lipinski definition) is 6. The minimum atomic E-state index is -0.343. The first-order valence-corrected chi connectivity index (χ1v) is 9.15. The van der Waals surface area contributed by atoms with Gasteiger partial charge >= 0.3 is 0 Å². The summed E-state index contributed by atoms with van der Waals surface area (Å²) in [5, 5.41) is 10.7. The summed E-state index contributed by atoms with van der Waals surface area (Å²) in [5.74, 6) is -0.343. The van der Waals surface area contributed by atoms with Crippen LogP contribution in [0.15, 0.2) is 65.2 Å². The number of nitrogens with one attached hydrogen (secondary N) is 1. The minimum Gasteiger partial charge on any atom is -0.300 e. The van der Waals surface area contributed by atoms with E-state index in [9.17, 15) is 9.59 Å². The molecule has 0 bridgehead atoms. The summed E-state index contributed by atoms with van der Waals surface area (Å²) in [4.78, 5) is 33.1. The number of amides is 1. The van der Waals surface area contributed by atoms with Crippen LogP contribution in [0, 0.1) is 0 Å². The van der Waals surface area contributed by atoms with E-state index in [0.717, 1.165) is 16.6 Å². The maximum Gasteiger partial charge on any atom is 0.275 e. The summed E-state index contributed by atoms with van der Waals surface area (Å²) in [6, 6.07) is 11.1. The van der Waals surface area contributed by atoms with Crippen molar-refractivity contribution < 1.29 is 4.79 Å². The molecule has 4 rings (SSSR count). The van der Waals surface area contributed by atoms with E-state index in [2.05, 4.69) is 20.4 Å². The molecule has 27 heavy (non-hydrogen) atoms. The number of nitrogens with zero attached hydrogens (tertiary/aromatic N) is 4. The van der Waals surface area contributed by atoms with Gasteiger partial charge in [0, 0.05) is 35.8 Å². The van der Waals surface area contributed by atoms with Gasteiger partial charge in [-0.05, 0) is 23.8 Å². The standard InChI is InChI=1S/C19H15N5O2S/c25-17(22-19-21-9-10-27-19)12-24-18(26)15-4-2-1-3-14(15)16(23-24)11-13-5-7-20-8-6-13/h1-10H,11-12H2,(H,21,22,25). The number of pyridine rings is 1. The van der Waals surface area contributed by atoms with Crippen LogP contribution in [-0.2, 0) is 17.8 Å². The Kier molecular flexibility index (Phi) is 4.71. The maximum atomic E-state index is 12.8. The first-order valence-electron chi connectivity index (χ1n) is 8.28. The molecule has 0 aliphatic carbocycles. The molecule has 3 aromatic heterocycles. The van der Waals surface area contributed by atoms with Gasteiger partial charge in [0.05, 0.1) is 11.1 Å². The van der Waals surface area contributed by atoms with Gasteiger partial charge in [0.25, 0.3) is 5.56 Å². The van der Waals surface area contributed by atoms with Crippen molar-refractivity contribution in [1.82, 2.24) is 19.7 Å². The second-order valence-electron chi connectivity index (χ2n) is 5.87. The highest BCUT2D eigenvalue weighted by molar-refractivity contribution is 7.13. The second kappa shape index (κ2) is 7.46. The van der Waals surface area contributed by atoms with E-state index in [4.69, 9.17) is 0 Å². The van der Waals surface area contributed by atoms with Crippen molar-refractivity contribution in [3.8, 4) is 0 Å². The van der Waals surface area contributed by atoms with Crippen molar-refractivity contribution in [2.24, 2.45) is 0 Å². The normalized spacial score (nSPS) is 10.8. The number of thiazole rings is 1. The van der Waals surface area contributed by atoms with Gasteiger partial charge in [-0.1, -0.05) is 18.2 Å². The Hall–Kier alpha value is -3.39. The maximum absolute atomic E-state index is 12.8. The zero-order valence-electron chi connectivity index (χ0n) is 14.2. The van der Waals surface area contributed by atoms with Crippen LogP contribution in [0.4, 0.5) is 5.13 Å². The fourth-order valence-corrected chi connectivity index (χ4v) is 3.36. The first-order chi connectivity index (χ1) is 13.2. The quantitative estimate of drug-likeness (QED) is 0.577. The molecule has 0 aliphatic rings. The number of rotatable bonds is 5. The van der Waals surface area contributed by atoms with Crippen LogP contribution in [0.1, 0.15) is 11.3 Å². The van der Waals surface area contributed by atoms with Crippen LogP contribution in [0.2, 0.25) is 0 Å². The molecule has 1 aromatic carbocycles. The SMILES string of the molecule is O=C(Cn1nc(Cc2ccncc2)c2ccccc2c1=O)Nc1nccs1. The molecule has 3 heterocycles. The molecule has 0 atom stereocenters. The molecule has 7 nitrogen and oxygen atoms in total. The van der Waals surface area contributed by atoms with Crippen molar-refractivity contribution in [2.45, 2.75) is 13.0 Å². The third-order valence-corrected chi connectivity index (χ3v) is 4.73. The van der Waals surface area contributed by atoms with Crippen LogP contribution >= 0.6 is 11.3 Å². The van der Waals surface area contributed by atoms with Crippen LogP contribution in [0.25, 0.3) is 10.8 Å². The van der Waals surface area contributed by atoms with Gasteiger partial charge in [-0.15, -0.1) is 11.3 Å². The highest BCUT2D eigenvalue weighted by Crippen LogP contribution is 2.17. The Morgan fingerprint density at radius 1 is 1.07 bits per heavy atom. The fraction of sp³-hybridized carbons (Fsp3) is 0.105. The molecule has 0 saturated carbocycles. The topological polar surface area (TPSA) is 89.8 Å². The average molecular weight is 377 g/mol. The Labute approximate surface area is 158 Å². The molecule has 4 aromatic rings. The van der Waals surface area contributed by atoms with Crippen molar-refractivity contribution in [1.29, 1.82) is 0 Å². The lowest BCUT2D eigenvalue weighted by atomic mass is 10.1. The van der Waals surface area contributed by atoms with Gasteiger partial charge in [0.15, 0.2) is 5.13 Å². The number of fused-ring (bicyclic) bond motifs is 1. The Balaban J connectivity index is 1.71. The van der Waals surface area contributed by atoms with E-state index in [1.54, 1.807) is 36.1 Å². The molecule has 1 N–H and O–H groups in total. The smallest absolute Gasteiger partial charge is 0.275 e. The van der Waals surface area contributed by atoms with E-state index in [0.29, 0.717) is 16.9 Å².